The van der Waals surface area contributed by atoms with Gasteiger partial charge >= 0.3 is 0 Å². The lowest BCUT2D eigenvalue weighted by atomic mass is 10.2. The summed E-state index contributed by atoms with van der Waals surface area (Å²) in [5, 5.41) is 6.37. The Hall–Kier alpha value is -3.54. The van der Waals surface area contributed by atoms with Crippen molar-refractivity contribution in [2.45, 2.75) is 26.4 Å². The fraction of sp³-hybridized carbons (Fsp3) is 0.286. The molecule has 1 unspecified atom stereocenters. The van der Waals surface area contributed by atoms with Crippen molar-refractivity contribution in [1.29, 1.82) is 0 Å². The topological polar surface area (TPSA) is 115 Å². The molecule has 1 amide bonds. The van der Waals surface area contributed by atoms with Crippen LogP contribution in [0.15, 0.2) is 47.0 Å². The number of hydrogen-bond donors (Lipinski definition) is 1. The number of sulfonamides is 1. The number of carbonyl (C=O) groups is 1. The number of anilines is 1. The molecule has 1 aromatic heterocycles. The van der Waals surface area contributed by atoms with E-state index in [1.807, 2.05) is 6.92 Å². The van der Waals surface area contributed by atoms with Crippen LogP contribution in [0.3, 0.4) is 0 Å². The van der Waals surface area contributed by atoms with Gasteiger partial charge in [-0.3, -0.25) is 9.10 Å². The van der Waals surface area contributed by atoms with Crippen molar-refractivity contribution in [3.8, 4) is 17.1 Å². The summed E-state index contributed by atoms with van der Waals surface area (Å²) in [6, 6.07) is 8.34. The lowest BCUT2D eigenvalue weighted by molar-refractivity contribution is -0.122. The average molecular weight is 480 g/mol. The van der Waals surface area contributed by atoms with Crippen molar-refractivity contribution in [3.05, 3.63) is 60.0 Å². The van der Waals surface area contributed by atoms with Gasteiger partial charge in [0.1, 0.15) is 11.8 Å². The van der Waals surface area contributed by atoms with E-state index in [-0.39, 0.29) is 18.1 Å². The molecule has 2 aromatic carbocycles. The van der Waals surface area contributed by atoms with Crippen LogP contribution >= 0.6 is 0 Å². The van der Waals surface area contributed by atoms with Gasteiger partial charge in [-0.1, -0.05) is 5.16 Å². The maximum absolute atomic E-state index is 13.6. The summed E-state index contributed by atoms with van der Waals surface area (Å²) in [5.41, 5.74) is 0.490. The molecule has 3 aromatic rings. The Morgan fingerprint density at radius 3 is 2.48 bits per heavy atom. The fourth-order valence-corrected chi connectivity index (χ4v) is 4.22. The molecule has 1 N–H and O–H groups in total. The van der Waals surface area contributed by atoms with E-state index in [0.717, 1.165) is 18.4 Å². The molecular weight excluding hydrogens is 458 g/mol. The van der Waals surface area contributed by atoms with E-state index in [1.165, 1.54) is 6.92 Å². The second kappa shape index (κ2) is 9.94. The fourth-order valence-electron chi connectivity index (χ4n) is 3.05. The van der Waals surface area contributed by atoms with Crippen LogP contribution in [0, 0.1) is 11.6 Å². The minimum atomic E-state index is -3.99. The first-order chi connectivity index (χ1) is 15.6. The molecule has 0 saturated carbocycles. The zero-order valence-corrected chi connectivity index (χ0v) is 18.9. The normalized spacial score (nSPS) is 12.3. The molecule has 0 aliphatic heterocycles. The van der Waals surface area contributed by atoms with E-state index in [9.17, 15) is 22.0 Å². The van der Waals surface area contributed by atoms with E-state index in [2.05, 4.69) is 15.5 Å². The van der Waals surface area contributed by atoms with E-state index in [4.69, 9.17) is 9.26 Å². The summed E-state index contributed by atoms with van der Waals surface area (Å²) in [7, 11) is -3.99. The van der Waals surface area contributed by atoms with Crippen molar-refractivity contribution in [1.82, 2.24) is 15.5 Å². The number of ether oxygens (including phenoxy) is 1. The maximum atomic E-state index is 13.6. The molecule has 1 heterocycles. The minimum absolute atomic E-state index is 0.0955. The van der Waals surface area contributed by atoms with Gasteiger partial charge in [0, 0.05) is 11.6 Å². The van der Waals surface area contributed by atoms with Crippen LogP contribution in [0.2, 0.25) is 0 Å². The Morgan fingerprint density at radius 1 is 1.18 bits per heavy atom. The SMILES string of the molecule is CCOc1ccc(-c2noc(CNC(=O)C(C)N(c3ccc(F)c(F)c3)S(C)(=O)=O)n2)cc1. The second-order valence-electron chi connectivity index (χ2n) is 7.02. The number of hydrogen-bond acceptors (Lipinski definition) is 7. The van der Waals surface area contributed by atoms with Gasteiger partial charge in [0.05, 0.1) is 25.1 Å². The number of benzene rings is 2. The van der Waals surface area contributed by atoms with Gasteiger partial charge < -0.3 is 14.6 Å². The number of halogens is 2. The highest BCUT2D eigenvalue weighted by Gasteiger charge is 2.30. The van der Waals surface area contributed by atoms with Crippen LogP contribution < -0.4 is 14.4 Å². The number of nitrogens with one attached hydrogen (secondary N) is 1. The third-order valence-electron chi connectivity index (χ3n) is 4.55. The highest BCUT2D eigenvalue weighted by Crippen LogP contribution is 2.23. The standard InChI is InChI=1S/C21H22F2N4O5S/c1-4-31-16-8-5-14(6-9-16)20-25-19(32-26-20)12-24-21(28)13(2)27(33(3,29)30)15-7-10-17(22)18(23)11-15/h5-11,13H,4,12H2,1-3H3,(H,24,28). The predicted molar refractivity (Wildman–Crippen MR) is 116 cm³/mol. The average Bonchev–Trinajstić information content (AvgIpc) is 3.23. The first kappa shape index (κ1) is 24.1. The van der Waals surface area contributed by atoms with Crippen molar-refractivity contribution >= 4 is 21.6 Å². The minimum Gasteiger partial charge on any atom is -0.494 e. The molecule has 0 saturated heterocycles. The molecule has 176 valence electrons. The molecule has 9 nitrogen and oxygen atoms in total. The zero-order valence-electron chi connectivity index (χ0n) is 18.1. The van der Waals surface area contributed by atoms with Gasteiger partial charge in [-0.05, 0) is 50.2 Å². The Labute approximate surface area is 189 Å². The third-order valence-corrected chi connectivity index (χ3v) is 5.79. The van der Waals surface area contributed by atoms with Gasteiger partial charge in [-0.25, -0.2) is 17.2 Å². The maximum Gasteiger partial charge on any atom is 0.246 e. The van der Waals surface area contributed by atoms with Crippen molar-refractivity contribution < 1.29 is 31.3 Å². The zero-order chi connectivity index (χ0) is 24.2. The molecule has 1 atom stereocenters. The number of aromatic nitrogens is 2. The Morgan fingerprint density at radius 2 is 1.88 bits per heavy atom. The number of rotatable bonds is 9. The smallest absolute Gasteiger partial charge is 0.246 e. The van der Waals surface area contributed by atoms with Crippen molar-refractivity contribution in [2.24, 2.45) is 0 Å². The molecular formula is C21H22F2N4O5S. The highest BCUT2D eigenvalue weighted by molar-refractivity contribution is 7.92. The van der Waals surface area contributed by atoms with Crippen LogP contribution in [-0.4, -0.2) is 43.4 Å². The van der Waals surface area contributed by atoms with E-state index < -0.39 is 33.6 Å². The molecule has 0 bridgehead atoms. The molecule has 0 aliphatic carbocycles. The first-order valence-corrected chi connectivity index (χ1v) is 11.7. The van der Waals surface area contributed by atoms with E-state index >= 15 is 0 Å². The lowest BCUT2D eigenvalue weighted by Crippen LogP contribution is -2.47. The van der Waals surface area contributed by atoms with E-state index in [1.54, 1.807) is 24.3 Å². The Bertz CT molecular complexity index is 1230. The summed E-state index contributed by atoms with van der Waals surface area (Å²) in [6.45, 7) is 3.57. The summed E-state index contributed by atoms with van der Waals surface area (Å²) in [6.07, 6.45) is 0.860. The number of carbonyl (C=O) groups excluding carboxylic acids is 1. The van der Waals surface area contributed by atoms with Gasteiger partial charge in [0.2, 0.25) is 27.6 Å². The molecule has 12 heteroatoms. The van der Waals surface area contributed by atoms with Gasteiger partial charge in [0.25, 0.3) is 0 Å². The monoisotopic (exact) mass is 480 g/mol. The largest absolute Gasteiger partial charge is 0.494 e. The summed E-state index contributed by atoms with van der Waals surface area (Å²) in [4.78, 5) is 16.8. The van der Waals surface area contributed by atoms with Gasteiger partial charge in [0.15, 0.2) is 11.6 Å². The molecule has 0 fully saturated rings. The number of nitrogens with zero attached hydrogens (tertiary/aromatic N) is 3. The van der Waals surface area contributed by atoms with Crippen LogP contribution in [0.25, 0.3) is 11.4 Å². The number of amides is 1. The molecule has 0 radical (unpaired) electrons. The quantitative estimate of drug-likeness (QED) is 0.501. The van der Waals surface area contributed by atoms with Gasteiger partial charge in [-0.2, -0.15) is 4.98 Å². The molecule has 0 aliphatic rings. The van der Waals surface area contributed by atoms with Gasteiger partial charge in [-0.15, -0.1) is 0 Å². The van der Waals surface area contributed by atoms with Crippen LogP contribution in [0.5, 0.6) is 5.75 Å². The Balaban J connectivity index is 1.69. The summed E-state index contributed by atoms with van der Waals surface area (Å²) < 4.78 is 62.6. The molecule has 33 heavy (non-hydrogen) atoms. The van der Waals surface area contributed by atoms with Crippen molar-refractivity contribution in [2.75, 3.05) is 17.2 Å². The van der Waals surface area contributed by atoms with E-state index in [0.29, 0.717) is 34.1 Å². The van der Waals surface area contributed by atoms with Crippen LogP contribution in [-0.2, 0) is 21.4 Å². The summed E-state index contributed by atoms with van der Waals surface area (Å²) >= 11 is 0. The van der Waals surface area contributed by atoms with Crippen LogP contribution in [0.4, 0.5) is 14.5 Å². The second-order valence-corrected chi connectivity index (χ2v) is 8.88. The third kappa shape index (κ3) is 5.83. The lowest BCUT2D eigenvalue weighted by Gasteiger charge is -2.28. The van der Waals surface area contributed by atoms with Crippen LogP contribution in [0.1, 0.15) is 19.7 Å². The molecule has 3 rings (SSSR count). The highest BCUT2D eigenvalue weighted by atomic mass is 32.2. The predicted octanol–water partition coefficient (Wildman–Crippen LogP) is 2.88. The summed E-state index contributed by atoms with van der Waals surface area (Å²) in [5.74, 6) is -1.98. The first-order valence-electron chi connectivity index (χ1n) is 9.88. The molecule has 0 spiro atoms. The Kier molecular flexibility index (Phi) is 7.26. The van der Waals surface area contributed by atoms with Crippen molar-refractivity contribution in [3.63, 3.8) is 0 Å².